The predicted molar refractivity (Wildman–Crippen MR) is 121 cm³/mol. The molecule has 1 unspecified atom stereocenters. The molecule has 31 heavy (non-hydrogen) atoms. The third-order valence-corrected chi connectivity index (χ3v) is 5.35. The molecule has 1 atom stereocenters. The van der Waals surface area contributed by atoms with Crippen molar-refractivity contribution in [1.82, 2.24) is 9.55 Å². The molecule has 1 aromatic heterocycles. The van der Waals surface area contributed by atoms with Crippen LogP contribution in [0.1, 0.15) is 17.9 Å². The molecule has 0 saturated heterocycles. The topological polar surface area (TPSA) is 102 Å². The molecule has 0 radical (unpaired) electrons. The van der Waals surface area contributed by atoms with Crippen molar-refractivity contribution in [3.05, 3.63) is 81.3 Å². The lowest BCUT2D eigenvalue weighted by Gasteiger charge is -2.20. The molecule has 0 spiro atoms. The van der Waals surface area contributed by atoms with Crippen molar-refractivity contribution in [3.63, 3.8) is 0 Å². The zero-order valence-electron chi connectivity index (χ0n) is 16.1. The average Bonchev–Trinajstić information content (AvgIpc) is 3.22. The first kappa shape index (κ1) is 24.7. The van der Waals surface area contributed by atoms with Crippen LogP contribution >= 0.6 is 39.1 Å². The summed E-state index contributed by atoms with van der Waals surface area (Å²) in [6, 6.07) is 13.5. The van der Waals surface area contributed by atoms with Crippen molar-refractivity contribution in [1.29, 1.82) is 0 Å². The number of ether oxygens (including phenoxy) is 1. The minimum absolute atomic E-state index is 0.196. The summed E-state index contributed by atoms with van der Waals surface area (Å²) in [5.74, 6) is -2.61. The lowest BCUT2D eigenvalue weighted by molar-refractivity contribution is -0.159. The Hall–Kier alpha value is -2.55. The molecule has 164 valence electrons. The highest BCUT2D eigenvalue weighted by atomic mass is 79.9. The Balaban J connectivity index is 0.000000501. The van der Waals surface area contributed by atoms with Gasteiger partial charge in [0.05, 0.1) is 17.4 Å². The minimum atomic E-state index is -1.82. The third kappa shape index (κ3) is 8.24. The third-order valence-electron chi connectivity index (χ3n) is 4.14. The van der Waals surface area contributed by atoms with Crippen LogP contribution in [0.2, 0.25) is 10.0 Å². The van der Waals surface area contributed by atoms with Gasteiger partial charge in [-0.3, -0.25) is 0 Å². The molecule has 0 fully saturated rings. The molecule has 0 saturated carbocycles. The van der Waals surface area contributed by atoms with Gasteiger partial charge in [0.15, 0.2) is 0 Å². The molecule has 2 N–H and O–H groups in total. The second kappa shape index (κ2) is 12.3. The van der Waals surface area contributed by atoms with E-state index >= 15 is 0 Å². The fraction of sp³-hybridized carbons (Fsp3) is 0.190. The van der Waals surface area contributed by atoms with Crippen molar-refractivity contribution < 1.29 is 24.5 Å². The van der Waals surface area contributed by atoms with Crippen LogP contribution in [-0.4, -0.2) is 38.3 Å². The lowest BCUT2D eigenvalue weighted by atomic mass is 9.95. The second-order valence-corrected chi connectivity index (χ2v) is 8.00. The number of para-hydroxylation sites is 1. The summed E-state index contributed by atoms with van der Waals surface area (Å²) >= 11 is 16.0. The number of imidazole rings is 1. The van der Waals surface area contributed by atoms with Gasteiger partial charge in [-0.25, -0.2) is 14.6 Å². The van der Waals surface area contributed by atoms with Crippen molar-refractivity contribution in [2.45, 2.75) is 18.9 Å². The van der Waals surface area contributed by atoms with Gasteiger partial charge in [0, 0.05) is 34.9 Å². The average molecular weight is 530 g/mol. The van der Waals surface area contributed by atoms with Crippen molar-refractivity contribution in [2.24, 2.45) is 0 Å². The second-order valence-electron chi connectivity index (χ2n) is 6.30. The standard InChI is InChI=1S/C19H17BrCl2N2O.C2H2O4/c20-17-3-1-2-4-19(17)25-10-7-14(12-24-9-8-23-13-24)16-6-5-15(21)11-18(16)22;3-1(4)2(5)6/h1-6,8-9,11,13-14H,7,10,12H2;(H,3,4)(H,5,6). The summed E-state index contributed by atoms with van der Waals surface area (Å²) in [6.07, 6.45) is 6.36. The predicted octanol–water partition coefficient (Wildman–Crippen LogP) is 5.36. The number of halogens is 3. The van der Waals surface area contributed by atoms with Crippen LogP contribution in [0.4, 0.5) is 0 Å². The Morgan fingerprint density at radius 3 is 2.42 bits per heavy atom. The van der Waals surface area contributed by atoms with Gasteiger partial charge < -0.3 is 19.5 Å². The normalized spacial score (nSPS) is 11.2. The van der Waals surface area contributed by atoms with E-state index in [9.17, 15) is 0 Å². The van der Waals surface area contributed by atoms with Gasteiger partial charge in [-0.05, 0) is 52.2 Å². The van der Waals surface area contributed by atoms with Crippen LogP contribution in [0.5, 0.6) is 5.75 Å². The number of aromatic nitrogens is 2. The van der Waals surface area contributed by atoms with Crippen LogP contribution in [0.3, 0.4) is 0 Å². The van der Waals surface area contributed by atoms with Gasteiger partial charge in [0.2, 0.25) is 0 Å². The fourth-order valence-electron chi connectivity index (χ4n) is 2.70. The first-order chi connectivity index (χ1) is 14.8. The maximum Gasteiger partial charge on any atom is 0.414 e. The maximum absolute atomic E-state index is 9.10. The Bertz CT molecular complexity index is 1000. The molecule has 7 nitrogen and oxygen atoms in total. The van der Waals surface area contributed by atoms with Gasteiger partial charge in [0.1, 0.15) is 5.75 Å². The summed E-state index contributed by atoms with van der Waals surface area (Å²) in [7, 11) is 0. The molecule has 0 amide bonds. The summed E-state index contributed by atoms with van der Waals surface area (Å²) < 4.78 is 8.93. The molecule has 0 aliphatic heterocycles. The Kier molecular flexibility index (Phi) is 9.84. The van der Waals surface area contributed by atoms with E-state index in [1.807, 2.05) is 53.5 Å². The zero-order chi connectivity index (χ0) is 22.8. The van der Waals surface area contributed by atoms with E-state index < -0.39 is 11.9 Å². The number of carboxylic acid groups (broad SMARTS) is 2. The molecule has 0 aliphatic carbocycles. The Labute approximate surface area is 197 Å². The number of rotatable bonds is 7. The quantitative estimate of drug-likeness (QED) is 0.399. The van der Waals surface area contributed by atoms with E-state index in [4.69, 9.17) is 47.7 Å². The van der Waals surface area contributed by atoms with Crippen LogP contribution in [-0.2, 0) is 16.1 Å². The first-order valence-corrected chi connectivity index (χ1v) is 10.6. The highest BCUT2D eigenvalue weighted by molar-refractivity contribution is 9.10. The molecule has 0 aliphatic rings. The monoisotopic (exact) mass is 528 g/mol. The minimum Gasteiger partial charge on any atom is -0.492 e. The first-order valence-electron chi connectivity index (χ1n) is 9.02. The van der Waals surface area contributed by atoms with Crippen molar-refractivity contribution in [3.8, 4) is 5.75 Å². The summed E-state index contributed by atoms with van der Waals surface area (Å²) in [6.45, 7) is 1.36. The molecular formula is C21H19BrCl2N2O5. The van der Waals surface area contributed by atoms with Crippen LogP contribution in [0.15, 0.2) is 65.7 Å². The Morgan fingerprint density at radius 1 is 1.13 bits per heavy atom. The van der Waals surface area contributed by atoms with Crippen LogP contribution in [0.25, 0.3) is 0 Å². The van der Waals surface area contributed by atoms with E-state index in [0.29, 0.717) is 16.7 Å². The molecular weight excluding hydrogens is 511 g/mol. The van der Waals surface area contributed by atoms with Crippen molar-refractivity contribution >= 4 is 51.1 Å². The Morgan fingerprint density at radius 2 is 1.84 bits per heavy atom. The number of carbonyl (C=O) groups is 2. The highest BCUT2D eigenvalue weighted by Gasteiger charge is 2.16. The van der Waals surface area contributed by atoms with Gasteiger partial charge in [-0.1, -0.05) is 41.4 Å². The zero-order valence-corrected chi connectivity index (χ0v) is 19.2. The van der Waals surface area contributed by atoms with Gasteiger partial charge >= 0.3 is 11.9 Å². The summed E-state index contributed by atoms with van der Waals surface area (Å²) in [4.78, 5) is 22.3. The van der Waals surface area contributed by atoms with Gasteiger partial charge in [-0.2, -0.15) is 0 Å². The van der Waals surface area contributed by atoms with E-state index in [1.54, 1.807) is 12.3 Å². The van der Waals surface area contributed by atoms with Gasteiger partial charge in [-0.15, -0.1) is 0 Å². The summed E-state index contributed by atoms with van der Waals surface area (Å²) in [5.41, 5.74) is 1.07. The number of hydrogen-bond donors (Lipinski definition) is 2. The number of benzene rings is 2. The smallest absolute Gasteiger partial charge is 0.414 e. The SMILES string of the molecule is Clc1ccc(C(CCOc2ccccc2Br)Cn2ccnc2)c(Cl)c1.O=C(O)C(=O)O. The molecule has 0 bridgehead atoms. The molecule has 2 aromatic carbocycles. The maximum atomic E-state index is 9.10. The number of carboxylic acids is 2. The van der Waals surface area contributed by atoms with E-state index in [1.165, 1.54) is 0 Å². The molecule has 1 heterocycles. The lowest BCUT2D eigenvalue weighted by Crippen LogP contribution is -2.13. The number of nitrogens with zero attached hydrogens (tertiary/aromatic N) is 2. The van der Waals surface area contributed by atoms with Gasteiger partial charge in [0.25, 0.3) is 0 Å². The molecule has 3 rings (SSSR count). The molecule has 10 heteroatoms. The van der Waals surface area contributed by atoms with Crippen LogP contribution in [0, 0.1) is 0 Å². The van der Waals surface area contributed by atoms with E-state index in [-0.39, 0.29) is 5.92 Å². The summed E-state index contributed by atoms with van der Waals surface area (Å²) in [5, 5.41) is 16.1. The van der Waals surface area contributed by atoms with Crippen molar-refractivity contribution in [2.75, 3.05) is 6.61 Å². The fourth-order valence-corrected chi connectivity index (χ4v) is 3.66. The van der Waals surface area contributed by atoms with E-state index in [2.05, 4.69) is 20.9 Å². The largest absolute Gasteiger partial charge is 0.492 e. The van der Waals surface area contributed by atoms with E-state index in [0.717, 1.165) is 28.8 Å². The highest BCUT2D eigenvalue weighted by Crippen LogP contribution is 2.31. The number of aliphatic carboxylic acids is 2. The number of hydrogen-bond acceptors (Lipinski definition) is 4. The van der Waals surface area contributed by atoms with Crippen LogP contribution < -0.4 is 4.74 Å². The molecule has 3 aromatic rings.